The van der Waals surface area contributed by atoms with Crippen molar-refractivity contribution in [3.8, 4) is 0 Å². The van der Waals surface area contributed by atoms with Crippen LogP contribution >= 0.6 is 12.2 Å². The van der Waals surface area contributed by atoms with Crippen molar-refractivity contribution in [3.63, 3.8) is 0 Å². The maximum Gasteiger partial charge on any atom is 0.193 e. The lowest BCUT2D eigenvalue weighted by molar-refractivity contribution is 0.103. The number of thiocarbonyl (C=S) groups is 1. The number of rotatable bonds is 7. The first kappa shape index (κ1) is 21.7. The summed E-state index contributed by atoms with van der Waals surface area (Å²) in [7, 11) is 0. The van der Waals surface area contributed by atoms with E-state index >= 15 is 0 Å². The minimum atomic E-state index is -0.00156. The average Bonchev–Trinajstić information content (AvgIpc) is 3.24. The van der Waals surface area contributed by atoms with Gasteiger partial charge in [0, 0.05) is 42.3 Å². The Kier molecular flexibility index (Phi) is 7.00. The Hall–Kier alpha value is -2.99. The van der Waals surface area contributed by atoms with Crippen molar-refractivity contribution in [3.05, 3.63) is 83.9 Å². The summed E-state index contributed by atoms with van der Waals surface area (Å²) in [4.78, 5) is 16.9. The molecule has 5 nitrogen and oxygen atoms in total. The number of ketones is 1. The van der Waals surface area contributed by atoms with Crippen LogP contribution in [0, 0.1) is 0 Å². The van der Waals surface area contributed by atoms with Crippen molar-refractivity contribution in [1.29, 1.82) is 0 Å². The van der Waals surface area contributed by atoms with Crippen LogP contribution in [0.4, 0.5) is 5.69 Å². The molecule has 0 amide bonds. The van der Waals surface area contributed by atoms with Crippen molar-refractivity contribution >= 4 is 28.8 Å². The third-order valence-electron chi connectivity index (χ3n) is 4.83. The van der Waals surface area contributed by atoms with Crippen molar-refractivity contribution < 1.29 is 4.79 Å². The van der Waals surface area contributed by atoms with Gasteiger partial charge in [-0.1, -0.05) is 57.2 Å². The fourth-order valence-electron chi connectivity index (χ4n) is 3.08. The summed E-state index contributed by atoms with van der Waals surface area (Å²) in [5, 5.41) is 6.90. The van der Waals surface area contributed by atoms with Crippen LogP contribution in [-0.4, -0.2) is 27.0 Å². The van der Waals surface area contributed by atoms with Gasteiger partial charge in [-0.3, -0.25) is 4.79 Å². The molecule has 156 valence electrons. The third-order valence-corrected chi connectivity index (χ3v) is 5.08. The molecule has 1 heterocycles. The smallest absolute Gasteiger partial charge is 0.193 e. The number of imidazole rings is 1. The zero-order valence-electron chi connectivity index (χ0n) is 17.7. The molecule has 0 radical (unpaired) electrons. The molecule has 2 aromatic carbocycles. The largest absolute Gasteiger partial charge is 0.362 e. The zero-order chi connectivity index (χ0) is 21.6. The van der Waals surface area contributed by atoms with Gasteiger partial charge in [0.1, 0.15) is 0 Å². The molecule has 0 saturated carbocycles. The van der Waals surface area contributed by atoms with Crippen molar-refractivity contribution in [2.24, 2.45) is 0 Å². The predicted molar refractivity (Wildman–Crippen MR) is 126 cm³/mol. The van der Waals surface area contributed by atoms with E-state index in [-0.39, 0.29) is 11.2 Å². The maximum atomic E-state index is 12.9. The first-order valence-corrected chi connectivity index (χ1v) is 10.5. The van der Waals surface area contributed by atoms with Crippen molar-refractivity contribution in [2.75, 3.05) is 11.9 Å². The first-order valence-electron chi connectivity index (χ1n) is 10.1. The molecule has 6 heteroatoms. The van der Waals surface area contributed by atoms with E-state index in [4.69, 9.17) is 12.2 Å². The van der Waals surface area contributed by atoms with Crippen LogP contribution in [0.5, 0.6) is 0 Å². The molecule has 3 rings (SSSR count). The molecule has 0 aliphatic carbocycles. The molecule has 2 N–H and O–H groups in total. The summed E-state index contributed by atoms with van der Waals surface area (Å²) in [6.07, 6.45) is 6.44. The predicted octanol–water partition coefficient (Wildman–Crippen LogP) is 4.79. The second-order valence-electron chi connectivity index (χ2n) is 8.27. The monoisotopic (exact) mass is 420 g/mol. The highest BCUT2D eigenvalue weighted by atomic mass is 32.1. The van der Waals surface area contributed by atoms with E-state index in [2.05, 4.69) is 36.4 Å². The van der Waals surface area contributed by atoms with E-state index in [1.54, 1.807) is 12.5 Å². The highest BCUT2D eigenvalue weighted by molar-refractivity contribution is 7.80. The third kappa shape index (κ3) is 6.00. The number of hydrogen-bond acceptors (Lipinski definition) is 3. The van der Waals surface area contributed by atoms with Crippen LogP contribution < -0.4 is 10.6 Å². The quantitative estimate of drug-likeness (QED) is 0.327. The van der Waals surface area contributed by atoms with Gasteiger partial charge in [-0.2, -0.15) is 0 Å². The Morgan fingerprint density at radius 2 is 1.87 bits per heavy atom. The Bertz CT molecular complexity index is 989. The molecule has 0 fully saturated rings. The number of aryl methyl sites for hydroxylation is 1. The maximum absolute atomic E-state index is 12.9. The normalized spacial score (nSPS) is 11.2. The van der Waals surface area contributed by atoms with Gasteiger partial charge in [-0.05, 0) is 41.7 Å². The molecule has 3 aromatic rings. The van der Waals surface area contributed by atoms with Gasteiger partial charge in [0.2, 0.25) is 0 Å². The number of carbonyl (C=O) groups is 1. The lowest BCUT2D eigenvalue weighted by Crippen LogP contribution is -2.29. The molecule has 0 atom stereocenters. The SMILES string of the molecule is CC(C)(C)c1ccc(C(=O)c2cccc(NC(=S)NCCCn3ccnc3)c2)cc1. The molecule has 0 unspecified atom stereocenters. The summed E-state index contributed by atoms with van der Waals surface area (Å²) in [6, 6.07) is 15.3. The molecule has 0 aliphatic rings. The summed E-state index contributed by atoms with van der Waals surface area (Å²) in [5.74, 6) is -0.00156. The van der Waals surface area contributed by atoms with E-state index in [1.165, 1.54) is 5.56 Å². The summed E-state index contributed by atoms with van der Waals surface area (Å²) in [6.45, 7) is 8.12. The number of carbonyl (C=O) groups excluding carboxylic acids is 1. The molecule has 30 heavy (non-hydrogen) atoms. The Morgan fingerprint density at radius 1 is 1.10 bits per heavy atom. The zero-order valence-corrected chi connectivity index (χ0v) is 18.5. The van der Waals surface area contributed by atoms with Crippen LogP contribution in [0.15, 0.2) is 67.3 Å². The minimum absolute atomic E-state index is 0.00156. The molecule has 1 aromatic heterocycles. The number of hydrogen-bond donors (Lipinski definition) is 2. The topological polar surface area (TPSA) is 59.0 Å². The van der Waals surface area contributed by atoms with E-state index in [1.807, 2.05) is 59.3 Å². The van der Waals surface area contributed by atoms with Gasteiger partial charge in [0.25, 0.3) is 0 Å². The van der Waals surface area contributed by atoms with E-state index in [9.17, 15) is 4.79 Å². The molecular formula is C24H28N4OS. The lowest BCUT2D eigenvalue weighted by atomic mass is 9.86. The van der Waals surface area contributed by atoms with Gasteiger partial charge >= 0.3 is 0 Å². The average molecular weight is 421 g/mol. The van der Waals surface area contributed by atoms with Gasteiger partial charge in [0.05, 0.1) is 6.33 Å². The molecule has 0 bridgehead atoms. The Balaban J connectivity index is 1.55. The van der Waals surface area contributed by atoms with Crippen LogP contribution in [0.1, 0.15) is 48.7 Å². The standard InChI is InChI=1S/C24H28N4OS/c1-24(2,3)20-10-8-18(9-11-20)22(29)19-6-4-7-21(16-19)27-23(30)26-12-5-14-28-15-13-25-17-28/h4,6-11,13,15-17H,5,12,14H2,1-3H3,(H2,26,27,30). The number of benzene rings is 2. The van der Waals surface area contributed by atoms with Gasteiger partial charge < -0.3 is 15.2 Å². The summed E-state index contributed by atoms with van der Waals surface area (Å²) < 4.78 is 2.03. The Labute approximate surface area is 183 Å². The second-order valence-corrected chi connectivity index (χ2v) is 8.68. The fraction of sp³-hybridized carbons (Fsp3) is 0.292. The molecule has 0 spiro atoms. The van der Waals surface area contributed by atoms with Crippen LogP contribution in [0.2, 0.25) is 0 Å². The van der Waals surface area contributed by atoms with Crippen molar-refractivity contribution in [1.82, 2.24) is 14.9 Å². The minimum Gasteiger partial charge on any atom is -0.362 e. The van der Waals surface area contributed by atoms with E-state index in [0.717, 1.165) is 25.2 Å². The van der Waals surface area contributed by atoms with Crippen molar-refractivity contribution in [2.45, 2.75) is 39.2 Å². The van der Waals surface area contributed by atoms with Gasteiger partial charge in [-0.25, -0.2) is 4.98 Å². The molecule has 0 aliphatic heterocycles. The number of aromatic nitrogens is 2. The molecular weight excluding hydrogens is 392 g/mol. The van der Waals surface area contributed by atoms with Crippen LogP contribution in [0.25, 0.3) is 0 Å². The second kappa shape index (κ2) is 9.67. The van der Waals surface area contributed by atoms with E-state index in [0.29, 0.717) is 16.2 Å². The van der Waals surface area contributed by atoms with Crippen LogP contribution in [-0.2, 0) is 12.0 Å². The number of anilines is 1. The number of nitrogens with zero attached hydrogens (tertiary/aromatic N) is 2. The highest BCUT2D eigenvalue weighted by Gasteiger charge is 2.15. The van der Waals surface area contributed by atoms with Gasteiger partial charge in [-0.15, -0.1) is 0 Å². The lowest BCUT2D eigenvalue weighted by Gasteiger charge is -2.19. The van der Waals surface area contributed by atoms with Gasteiger partial charge in [0.15, 0.2) is 10.9 Å². The number of nitrogens with one attached hydrogen (secondary N) is 2. The Morgan fingerprint density at radius 3 is 2.53 bits per heavy atom. The molecule has 0 saturated heterocycles. The fourth-order valence-corrected chi connectivity index (χ4v) is 3.30. The van der Waals surface area contributed by atoms with Crippen LogP contribution in [0.3, 0.4) is 0 Å². The summed E-state index contributed by atoms with van der Waals surface area (Å²) >= 11 is 5.37. The highest BCUT2D eigenvalue weighted by Crippen LogP contribution is 2.23. The first-order chi connectivity index (χ1) is 14.3. The summed E-state index contributed by atoms with van der Waals surface area (Å²) in [5.41, 5.74) is 3.37. The van der Waals surface area contributed by atoms with E-state index < -0.39 is 0 Å².